The van der Waals surface area contributed by atoms with Crippen LogP contribution in [0.3, 0.4) is 0 Å². The van der Waals surface area contributed by atoms with Gasteiger partial charge in [-0.25, -0.2) is 0 Å². The van der Waals surface area contributed by atoms with Crippen LogP contribution in [0.1, 0.15) is 18.5 Å². The first-order chi connectivity index (χ1) is 7.65. The maximum atomic E-state index is 11.6. The lowest BCUT2D eigenvalue weighted by Gasteiger charge is -2.14. The van der Waals surface area contributed by atoms with Crippen LogP contribution < -0.4 is 11.1 Å². The zero-order valence-electron chi connectivity index (χ0n) is 9.39. The number of nitrogens with one attached hydrogen (secondary N) is 1. The third-order valence-corrected chi connectivity index (χ3v) is 2.38. The second kappa shape index (κ2) is 6.25. The molecule has 1 amide bonds. The van der Waals surface area contributed by atoms with Crippen molar-refractivity contribution in [3.05, 3.63) is 35.9 Å². The van der Waals surface area contributed by atoms with Gasteiger partial charge in [0.05, 0.1) is 0 Å². The Morgan fingerprint density at radius 2 is 2.06 bits per heavy atom. The van der Waals surface area contributed by atoms with Gasteiger partial charge >= 0.3 is 0 Å². The summed E-state index contributed by atoms with van der Waals surface area (Å²) in [4.78, 5) is 11.6. The molecule has 0 spiro atoms. The molecule has 0 saturated carbocycles. The molecular formula is C12H18N2O2. The van der Waals surface area contributed by atoms with E-state index in [2.05, 4.69) is 5.32 Å². The zero-order chi connectivity index (χ0) is 12.0. The van der Waals surface area contributed by atoms with Gasteiger partial charge in [-0.2, -0.15) is 0 Å². The van der Waals surface area contributed by atoms with Crippen molar-refractivity contribution in [1.82, 2.24) is 5.32 Å². The van der Waals surface area contributed by atoms with Crippen LogP contribution in [0.4, 0.5) is 0 Å². The van der Waals surface area contributed by atoms with Gasteiger partial charge in [0.1, 0.15) is 6.04 Å². The molecule has 16 heavy (non-hydrogen) atoms. The molecule has 0 aromatic heterocycles. The summed E-state index contributed by atoms with van der Waals surface area (Å²) in [7, 11) is 0. The number of hydrogen-bond acceptors (Lipinski definition) is 3. The minimum atomic E-state index is -0.646. The lowest BCUT2D eigenvalue weighted by atomic mass is 10.1. The number of hydrogen-bond donors (Lipinski definition) is 3. The van der Waals surface area contributed by atoms with E-state index in [1.807, 2.05) is 37.3 Å². The van der Waals surface area contributed by atoms with Gasteiger partial charge in [0.25, 0.3) is 0 Å². The Labute approximate surface area is 95.5 Å². The number of aliphatic hydroxyl groups is 1. The number of aliphatic hydroxyl groups excluding tert-OH is 1. The molecule has 0 saturated heterocycles. The van der Waals surface area contributed by atoms with Gasteiger partial charge in [-0.05, 0) is 11.5 Å². The monoisotopic (exact) mass is 222 g/mol. The third-order valence-electron chi connectivity index (χ3n) is 2.38. The maximum Gasteiger partial charge on any atom is 0.241 e. The van der Waals surface area contributed by atoms with E-state index in [1.165, 1.54) is 0 Å². The predicted octanol–water partition coefficient (Wildman–Crippen LogP) is 0.431. The number of nitrogens with two attached hydrogens (primary N) is 1. The van der Waals surface area contributed by atoms with Crippen LogP contribution in [-0.4, -0.2) is 24.2 Å². The fourth-order valence-electron chi connectivity index (χ4n) is 1.26. The average molecular weight is 222 g/mol. The lowest BCUT2D eigenvalue weighted by Crippen LogP contribution is -2.37. The molecule has 4 nitrogen and oxygen atoms in total. The Hall–Kier alpha value is -1.39. The topological polar surface area (TPSA) is 75.3 Å². The summed E-state index contributed by atoms with van der Waals surface area (Å²) >= 11 is 0. The highest BCUT2D eigenvalue weighted by atomic mass is 16.3. The number of carbonyl (C=O) groups excluding carboxylic acids is 1. The van der Waals surface area contributed by atoms with E-state index in [0.29, 0.717) is 6.54 Å². The zero-order valence-corrected chi connectivity index (χ0v) is 9.39. The number of rotatable bonds is 5. The van der Waals surface area contributed by atoms with Crippen LogP contribution in [0.5, 0.6) is 0 Å². The minimum absolute atomic E-state index is 0.0481. The number of carbonyl (C=O) groups is 1. The van der Waals surface area contributed by atoms with Crippen molar-refractivity contribution in [2.75, 3.05) is 13.2 Å². The first-order valence-electron chi connectivity index (χ1n) is 5.34. The summed E-state index contributed by atoms with van der Waals surface area (Å²) in [5.41, 5.74) is 6.58. The predicted molar refractivity (Wildman–Crippen MR) is 62.6 cm³/mol. The summed E-state index contributed by atoms with van der Waals surface area (Å²) < 4.78 is 0. The molecule has 4 heteroatoms. The highest BCUT2D eigenvalue weighted by Crippen LogP contribution is 2.09. The van der Waals surface area contributed by atoms with Gasteiger partial charge < -0.3 is 16.2 Å². The van der Waals surface area contributed by atoms with Crippen LogP contribution in [0.15, 0.2) is 30.3 Å². The van der Waals surface area contributed by atoms with Crippen molar-refractivity contribution in [2.24, 2.45) is 11.7 Å². The SMILES string of the molecule is CC(CO)CNC(=O)C(N)c1ccccc1. The summed E-state index contributed by atoms with van der Waals surface area (Å²) in [5.74, 6) is -0.168. The van der Waals surface area contributed by atoms with Crippen molar-refractivity contribution in [1.29, 1.82) is 0 Å². The van der Waals surface area contributed by atoms with Crippen LogP contribution in [-0.2, 0) is 4.79 Å². The summed E-state index contributed by atoms with van der Waals surface area (Å²) in [5, 5.41) is 11.5. The van der Waals surface area contributed by atoms with Gasteiger partial charge in [-0.3, -0.25) is 4.79 Å². The van der Waals surface area contributed by atoms with E-state index < -0.39 is 6.04 Å². The molecule has 0 aliphatic heterocycles. The quantitative estimate of drug-likeness (QED) is 0.676. The van der Waals surface area contributed by atoms with Crippen molar-refractivity contribution in [3.8, 4) is 0 Å². The van der Waals surface area contributed by atoms with Crippen molar-refractivity contribution < 1.29 is 9.90 Å². The second-order valence-electron chi connectivity index (χ2n) is 3.92. The molecule has 0 radical (unpaired) electrons. The molecule has 1 rings (SSSR count). The molecule has 0 fully saturated rings. The van der Waals surface area contributed by atoms with Crippen molar-refractivity contribution in [3.63, 3.8) is 0 Å². The maximum absolute atomic E-state index is 11.6. The van der Waals surface area contributed by atoms with Gasteiger partial charge in [0, 0.05) is 13.2 Å². The third kappa shape index (κ3) is 3.64. The van der Waals surface area contributed by atoms with Crippen LogP contribution in [0, 0.1) is 5.92 Å². The van der Waals surface area contributed by atoms with E-state index >= 15 is 0 Å². The average Bonchev–Trinajstić information content (AvgIpc) is 2.35. The fraction of sp³-hybridized carbons (Fsp3) is 0.417. The Morgan fingerprint density at radius 3 is 2.62 bits per heavy atom. The number of benzene rings is 1. The Kier molecular flexibility index (Phi) is 4.95. The first-order valence-corrected chi connectivity index (χ1v) is 5.34. The normalized spacial score (nSPS) is 14.2. The molecular weight excluding hydrogens is 204 g/mol. The second-order valence-corrected chi connectivity index (χ2v) is 3.92. The lowest BCUT2D eigenvalue weighted by molar-refractivity contribution is -0.122. The first kappa shape index (κ1) is 12.7. The van der Waals surface area contributed by atoms with E-state index in [9.17, 15) is 4.79 Å². The fourth-order valence-corrected chi connectivity index (χ4v) is 1.26. The van der Waals surface area contributed by atoms with Crippen molar-refractivity contribution in [2.45, 2.75) is 13.0 Å². The number of amides is 1. The molecule has 88 valence electrons. The minimum Gasteiger partial charge on any atom is -0.396 e. The van der Waals surface area contributed by atoms with E-state index in [1.54, 1.807) is 0 Å². The summed E-state index contributed by atoms with van der Waals surface area (Å²) in [6.45, 7) is 2.35. The molecule has 1 aromatic carbocycles. The summed E-state index contributed by atoms with van der Waals surface area (Å²) in [6, 6.07) is 8.56. The van der Waals surface area contributed by atoms with E-state index in [0.717, 1.165) is 5.56 Å². The molecule has 2 unspecified atom stereocenters. The molecule has 0 aliphatic rings. The highest BCUT2D eigenvalue weighted by molar-refractivity contribution is 5.82. The molecule has 0 aliphatic carbocycles. The molecule has 0 heterocycles. The highest BCUT2D eigenvalue weighted by Gasteiger charge is 2.15. The van der Waals surface area contributed by atoms with E-state index in [4.69, 9.17) is 10.8 Å². The molecule has 0 bridgehead atoms. The van der Waals surface area contributed by atoms with Gasteiger partial charge in [-0.1, -0.05) is 37.3 Å². The Balaban J connectivity index is 2.49. The molecule has 2 atom stereocenters. The van der Waals surface area contributed by atoms with Crippen LogP contribution in [0.25, 0.3) is 0 Å². The van der Waals surface area contributed by atoms with Gasteiger partial charge in [0.2, 0.25) is 5.91 Å². The van der Waals surface area contributed by atoms with Gasteiger partial charge in [-0.15, -0.1) is 0 Å². The standard InChI is InChI=1S/C12H18N2O2/c1-9(8-15)7-14-12(16)11(13)10-5-3-2-4-6-10/h2-6,9,11,15H,7-8,13H2,1H3,(H,14,16). The van der Waals surface area contributed by atoms with E-state index in [-0.39, 0.29) is 18.4 Å². The van der Waals surface area contributed by atoms with Crippen molar-refractivity contribution >= 4 is 5.91 Å². The molecule has 1 aromatic rings. The molecule has 4 N–H and O–H groups in total. The summed E-state index contributed by atoms with van der Waals surface area (Å²) in [6.07, 6.45) is 0. The van der Waals surface area contributed by atoms with Crippen LogP contribution in [0.2, 0.25) is 0 Å². The Bertz CT molecular complexity index is 327. The largest absolute Gasteiger partial charge is 0.396 e. The van der Waals surface area contributed by atoms with Crippen LogP contribution >= 0.6 is 0 Å². The smallest absolute Gasteiger partial charge is 0.241 e. The Morgan fingerprint density at radius 1 is 1.44 bits per heavy atom. The van der Waals surface area contributed by atoms with Gasteiger partial charge in [0.15, 0.2) is 0 Å².